The van der Waals surface area contributed by atoms with E-state index in [1.54, 1.807) is 25.6 Å². The van der Waals surface area contributed by atoms with E-state index in [1.807, 2.05) is 30.3 Å². The van der Waals surface area contributed by atoms with Crippen molar-refractivity contribution in [2.24, 2.45) is 0 Å². The molecule has 3 rings (SSSR count). The topological polar surface area (TPSA) is 43.4 Å². The van der Waals surface area contributed by atoms with Crippen LogP contribution in [0.1, 0.15) is 0 Å². The summed E-state index contributed by atoms with van der Waals surface area (Å²) in [6.45, 7) is 0. The number of nitrogens with zero attached hydrogens (tertiary/aromatic N) is 1. The molecule has 4 nitrogen and oxygen atoms in total. The Morgan fingerprint density at radius 1 is 1.10 bits per heavy atom. The van der Waals surface area contributed by atoms with E-state index >= 15 is 0 Å². The molecule has 0 bridgehead atoms. The molecule has 0 radical (unpaired) electrons. The minimum atomic E-state index is 0.717. The Morgan fingerprint density at radius 2 is 1.95 bits per heavy atom. The molecule has 1 heterocycles. The van der Waals surface area contributed by atoms with Crippen molar-refractivity contribution in [1.29, 1.82) is 0 Å². The summed E-state index contributed by atoms with van der Waals surface area (Å²) in [5.41, 5.74) is 1.83. The van der Waals surface area contributed by atoms with E-state index in [0.29, 0.717) is 0 Å². The molecule has 0 aliphatic rings. The maximum absolute atomic E-state index is 5.38. The molecule has 0 aliphatic heterocycles. The monoisotopic (exact) mass is 364 g/mol. The van der Waals surface area contributed by atoms with Crippen molar-refractivity contribution in [3.63, 3.8) is 0 Å². The Labute approximate surface area is 134 Å². The molecule has 0 atom stereocenters. The Hall–Kier alpha value is -1.79. The predicted molar refractivity (Wildman–Crippen MR) is 90.1 cm³/mol. The van der Waals surface area contributed by atoms with Crippen molar-refractivity contribution < 1.29 is 9.47 Å². The van der Waals surface area contributed by atoms with Crippen molar-refractivity contribution in [2.45, 2.75) is 0 Å². The Kier molecular flexibility index (Phi) is 3.98. The van der Waals surface area contributed by atoms with Crippen LogP contribution in [0.2, 0.25) is 0 Å². The van der Waals surface area contributed by atoms with E-state index in [2.05, 4.69) is 32.3 Å². The summed E-state index contributed by atoms with van der Waals surface area (Å²) < 4.78 is 12.7. The molecule has 0 amide bonds. The number of thiazole rings is 1. The number of fused-ring (bicyclic) bond motifs is 1. The minimum Gasteiger partial charge on any atom is -0.497 e. The third-order valence-electron chi connectivity index (χ3n) is 3.00. The first-order valence-corrected chi connectivity index (χ1v) is 7.85. The molecule has 1 aromatic heterocycles. The molecular formula is C15H13BrN2O2S. The SMILES string of the molecule is COc1ccc(Nc2nc3ccc(Br)cc3s2)c(OC)c1. The summed E-state index contributed by atoms with van der Waals surface area (Å²) in [4.78, 5) is 4.57. The van der Waals surface area contributed by atoms with Crippen LogP contribution in [-0.4, -0.2) is 19.2 Å². The van der Waals surface area contributed by atoms with Gasteiger partial charge in [0.05, 0.1) is 30.1 Å². The number of hydrogen-bond donors (Lipinski definition) is 1. The molecule has 108 valence electrons. The number of rotatable bonds is 4. The fourth-order valence-electron chi connectivity index (χ4n) is 1.97. The Morgan fingerprint density at radius 3 is 2.71 bits per heavy atom. The van der Waals surface area contributed by atoms with Gasteiger partial charge in [-0.15, -0.1) is 0 Å². The number of hydrogen-bond acceptors (Lipinski definition) is 5. The second-order valence-corrected chi connectivity index (χ2v) is 6.27. The number of anilines is 2. The first-order chi connectivity index (χ1) is 10.2. The van der Waals surface area contributed by atoms with Crippen LogP contribution >= 0.6 is 27.3 Å². The molecule has 21 heavy (non-hydrogen) atoms. The Balaban J connectivity index is 1.94. The highest BCUT2D eigenvalue weighted by atomic mass is 79.9. The lowest BCUT2D eigenvalue weighted by Crippen LogP contribution is -1.95. The van der Waals surface area contributed by atoms with Gasteiger partial charge in [-0.2, -0.15) is 0 Å². The van der Waals surface area contributed by atoms with Gasteiger partial charge in [0.2, 0.25) is 0 Å². The molecule has 1 N–H and O–H groups in total. The van der Waals surface area contributed by atoms with Gasteiger partial charge >= 0.3 is 0 Å². The molecule has 0 saturated heterocycles. The highest BCUT2D eigenvalue weighted by Crippen LogP contribution is 2.35. The molecule has 3 aromatic rings. The molecule has 0 saturated carbocycles. The van der Waals surface area contributed by atoms with Gasteiger partial charge < -0.3 is 14.8 Å². The van der Waals surface area contributed by atoms with Gasteiger partial charge in [-0.25, -0.2) is 4.98 Å². The van der Waals surface area contributed by atoms with Gasteiger partial charge in [0.15, 0.2) is 5.13 Å². The zero-order valence-corrected chi connectivity index (χ0v) is 13.9. The lowest BCUT2D eigenvalue weighted by atomic mass is 10.3. The Bertz CT molecular complexity index is 788. The smallest absolute Gasteiger partial charge is 0.188 e. The van der Waals surface area contributed by atoms with Crippen LogP contribution in [0.4, 0.5) is 10.8 Å². The zero-order chi connectivity index (χ0) is 14.8. The lowest BCUT2D eigenvalue weighted by molar-refractivity contribution is 0.395. The second-order valence-electron chi connectivity index (χ2n) is 4.32. The molecule has 6 heteroatoms. The molecule has 0 spiro atoms. The standard InChI is InChI=1S/C15H13BrN2O2S/c1-19-10-4-6-11(13(8-10)20-2)17-15-18-12-5-3-9(16)7-14(12)21-15/h3-8H,1-2H3,(H,17,18). The van der Waals surface area contributed by atoms with Gasteiger partial charge in [0, 0.05) is 10.5 Å². The minimum absolute atomic E-state index is 0.717. The van der Waals surface area contributed by atoms with E-state index in [9.17, 15) is 0 Å². The van der Waals surface area contributed by atoms with Crippen LogP contribution < -0.4 is 14.8 Å². The van der Waals surface area contributed by atoms with E-state index < -0.39 is 0 Å². The maximum Gasteiger partial charge on any atom is 0.188 e. The molecule has 0 aliphatic carbocycles. The van der Waals surface area contributed by atoms with Gasteiger partial charge in [-0.3, -0.25) is 0 Å². The molecule has 0 unspecified atom stereocenters. The van der Waals surface area contributed by atoms with Crippen LogP contribution in [0, 0.1) is 0 Å². The number of aromatic nitrogens is 1. The van der Waals surface area contributed by atoms with Gasteiger partial charge in [0.1, 0.15) is 11.5 Å². The fraction of sp³-hybridized carbons (Fsp3) is 0.133. The van der Waals surface area contributed by atoms with Crippen LogP contribution in [0.3, 0.4) is 0 Å². The number of ether oxygens (including phenoxy) is 2. The number of benzene rings is 2. The fourth-order valence-corrected chi connectivity index (χ4v) is 3.40. The van der Waals surface area contributed by atoms with Crippen molar-refractivity contribution in [3.8, 4) is 11.5 Å². The normalized spacial score (nSPS) is 10.6. The van der Waals surface area contributed by atoms with Crippen molar-refractivity contribution in [1.82, 2.24) is 4.98 Å². The van der Waals surface area contributed by atoms with Crippen molar-refractivity contribution in [3.05, 3.63) is 40.9 Å². The van der Waals surface area contributed by atoms with Crippen LogP contribution in [0.5, 0.6) is 11.5 Å². The van der Waals surface area contributed by atoms with Crippen LogP contribution in [0.25, 0.3) is 10.2 Å². The van der Waals surface area contributed by atoms with Crippen molar-refractivity contribution >= 4 is 48.3 Å². The second kappa shape index (κ2) is 5.91. The molecular weight excluding hydrogens is 352 g/mol. The largest absolute Gasteiger partial charge is 0.497 e. The first-order valence-electron chi connectivity index (χ1n) is 6.25. The third kappa shape index (κ3) is 2.96. The third-order valence-corrected chi connectivity index (χ3v) is 4.43. The van der Waals surface area contributed by atoms with Crippen LogP contribution in [-0.2, 0) is 0 Å². The number of methoxy groups -OCH3 is 2. The lowest BCUT2D eigenvalue weighted by Gasteiger charge is -2.10. The summed E-state index contributed by atoms with van der Waals surface area (Å²) in [6.07, 6.45) is 0. The van der Waals surface area contributed by atoms with Crippen LogP contribution in [0.15, 0.2) is 40.9 Å². The average molecular weight is 365 g/mol. The highest BCUT2D eigenvalue weighted by molar-refractivity contribution is 9.10. The van der Waals surface area contributed by atoms with Gasteiger partial charge in [-0.1, -0.05) is 27.3 Å². The zero-order valence-electron chi connectivity index (χ0n) is 11.5. The van der Waals surface area contributed by atoms with Gasteiger partial charge in [0.25, 0.3) is 0 Å². The van der Waals surface area contributed by atoms with E-state index in [4.69, 9.17) is 9.47 Å². The first kappa shape index (κ1) is 14.2. The van der Waals surface area contributed by atoms with Gasteiger partial charge in [-0.05, 0) is 30.3 Å². The number of nitrogens with one attached hydrogen (secondary N) is 1. The quantitative estimate of drug-likeness (QED) is 0.720. The summed E-state index contributed by atoms with van der Waals surface area (Å²) in [5.74, 6) is 1.47. The highest BCUT2D eigenvalue weighted by Gasteiger charge is 2.09. The summed E-state index contributed by atoms with van der Waals surface area (Å²) in [7, 11) is 3.27. The average Bonchev–Trinajstić information content (AvgIpc) is 2.89. The van der Waals surface area contributed by atoms with E-state index in [-0.39, 0.29) is 0 Å². The predicted octanol–water partition coefficient (Wildman–Crippen LogP) is 4.82. The van der Waals surface area contributed by atoms with E-state index in [1.165, 1.54) is 0 Å². The summed E-state index contributed by atoms with van der Waals surface area (Å²) >= 11 is 5.07. The number of halogens is 1. The molecule has 0 fully saturated rings. The van der Waals surface area contributed by atoms with Crippen molar-refractivity contribution in [2.75, 3.05) is 19.5 Å². The molecule has 2 aromatic carbocycles. The van der Waals surface area contributed by atoms with E-state index in [0.717, 1.165) is 37.0 Å². The summed E-state index contributed by atoms with van der Waals surface area (Å²) in [6, 6.07) is 11.7. The maximum atomic E-state index is 5.38. The summed E-state index contributed by atoms with van der Waals surface area (Å²) in [5, 5.41) is 4.12.